The lowest BCUT2D eigenvalue weighted by Crippen LogP contribution is -2.28. The third-order valence-electron chi connectivity index (χ3n) is 5.18. The van der Waals surface area contributed by atoms with Crippen LogP contribution in [0.5, 0.6) is 5.75 Å². The van der Waals surface area contributed by atoms with E-state index in [1.807, 2.05) is 54.6 Å². The van der Waals surface area contributed by atoms with E-state index < -0.39 is 0 Å². The van der Waals surface area contributed by atoms with E-state index in [1.165, 1.54) is 0 Å². The number of carbonyl (C=O) groups excluding carboxylic acids is 1. The summed E-state index contributed by atoms with van der Waals surface area (Å²) in [5, 5.41) is 2.07. The van der Waals surface area contributed by atoms with Gasteiger partial charge in [0.1, 0.15) is 5.75 Å². The molecule has 2 N–H and O–H groups in total. The monoisotopic (exact) mass is 392 g/mol. The van der Waals surface area contributed by atoms with Crippen LogP contribution < -0.4 is 15.4 Å². The molecule has 3 aromatic carbocycles. The SMILES string of the molecule is COc1ccc(/C=C/C(=O)N2CC(CCl)c3c2cc(N)c2ccccc32)cc1. The minimum absolute atomic E-state index is 0.0838. The van der Waals surface area contributed by atoms with E-state index in [1.54, 1.807) is 24.2 Å². The maximum Gasteiger partial charge on any atom is 0.251 e. The largest absolute Gasteiger partial charge is 0.497 e. The summed E-state index contributed by atoms with van der Waals surface area (Å²) in [6, 6.07) is 17.5. The third kappa shape index (κ3) is 3.20. The number of nitrogens with zero attached hydrogens (tertiary/aromatic N) is 1. The van der Waals surface area contributed by atoms with Gasteiger partial charge in [0.25, 0.3) is 5.91 Å². The molecule has 1 aliphatic rings. The average Bonchev–Trinajstić information content (AvgIpc) is 3.11. The summed E-state index contributed by atoms with van der Waals surface area (Å²) in [6.45, 7) is 0.554. The van der Waals surface area contributed by atoms with Crippen LogP contribution in [-0.4, -0.2) is 25.4 Å². The van der Waals surface area contributed by atoms with Gasteiger partial charge in [-0.2, -0.15) is 0 Å². The fourth-order valence-corrected chi connectivity index (χ4v) is 4.03. The van der Waals surface area contributed by atoms with Gasteiger partial charge in [-0.05, 0) is 40.8 Å². The number of anilines is 2. The first-order valence-corrected chi connectivity index (χ1v) is 9.66. The lowest BCUT2D eigenvalue weighted by Gasteiger charge is -2.16. The number of rotatable bonds is 4. The molecule has 0 saturated carbocycles. The Balaban J connectivity index is 1.68. The Morgan fingerprint density at radius 1 is 1.21 bits per heavy atom. The topological polar surface area (TPSA) is 55.6 Å². The second kappa shape index (κ2) is 7.56. The van der Waals surface area contributed by atoms with E-state index >= 15 is 0 Å². The van der Waals surface area contributed by atoms with Gasteiger partial charge in [0.15, 0.2) is 0 Å². The highest BCUT2D eigenvalue weighted by molar-refractivity contribution is 6.19. The maximum atomic E-state index is 12.9. The predicted molar refractivity (Wildman–Crippen MR) is 116 cm³/mol. The summed E-state index contributed by atoms with van der Waals surface area (Å²) in [5.74, 6) is 1.23. The molecule has 0 saturated heterocycles. The summed E-state index contributed by atoms with van der Waals surface area (Å²) in [7, 11) is 1.63. The minimum atomic E-state index is -0.0839. The molecule has 1 amide bonds. The van der Waals surface area contributed by atoms with E-state index in [9.17, 15) is 4.79 Å². The molecular formula is C23H21ClN2O2. The maximum absolute atomic E-state index is 12.9. The zero-order valence-electron chi connectivity index (χ0n) is 15.6. The zero-order chi connectivity index (χ0) is 19.7. The van der Waals surface area contributed by atoms with E-state index in [4.69, 9.17) is 22.1 Å². The van der Waals surface area contributed by atoms with Crippen LogP contribution in [0.1, 0.15) is 17.0 Å². The Labute approximate surface area is 169 Å². The molecule has 1 atom stereocenters. The van der Waals surface area contributed by atoms with Crippen LogP contribution in [0.15, 0.2) is 60.7 Å². The molecule has 0 radical (unpaired) electrons. The lowest BCUT2D eigenvalue weighted by molar-refractivity contribution is -0.114. The van der Waals surface area contributed by atoms with Crippen molar-refractivity contribution in [1.29, 1.82) is 0 Å². The lowest BCUT2D eigenvalue weighted by atomic mass is 9.95. The highest BCUT2D eigenvalue weighted by Gasteiger charge is 2.33. The molecule has 0 bridgehead atoms. The van der Waals surface area contributed by atoms with Crippen molar-refractivity contribution >= 4 is 45.7 Å². The van der Waals surface area contributed by atoms with E-state index in [-0.39, 0.29) is 11.8 Å². The van der Waals surface area contributed by atoms with Crippen molar-refractivity contribution in [2.24, 2.45) is 0 Å². The molecule has 4 nitrogen and oxygen atoms in total. The number of hydrogen-bond donors (Lipinski definition) is 1. The van der Waals surface area contributed by atoms with Gasteiger partial charge in [0.2, 0.25) is 0 Å². The minimum Gasteiger partial charge on any atom is -0.497 e. The number of alkyl halides is 1. The predicted octanol–water partition coefficient (Wildman–Crippen LogP) is 4.81. The number of hydrogen-bond acceptors (Lipinski definition) is 3. The van der Waals surface area contributed by atoms with Gasteiger partial charge in [0.05, 0.1) is 12.8 Å². The Morgan fingerprint density at radius 2 is 1.93 bits per heavy atom. The molecule has 3 aromatic rings. The molecule has 28 heavy (non-hydrogen) atoms. The first kappa shape index (κ1) is 18.4. The number of halogens is 1. The number of nitrogen functional groups attached to an aromatic ring is 1. The number of amides is 1. The molecule has 0 spiro atoms. The highest BCUT2D eigenvalue weighted by atomic mass is 35.5. The Hall–Kier alpha value is -2.98. The van der Waals surface area contributed by atoms with E-state index in [0.717, 1.165) is 33.3 Å². The quantitative estimate of drug-likeness (QED) is 0.393. The van der Waals surface area contributed by atoms with E-state index in [0.29, 0.717) is 18.1 Å². The molecular weight excluding hydrogens is 372 g/mol. The molecule has 0 fully saturated rings. The summed E-state index contributed by atoms with van der Waals surface area (Å²) >= 11 is 6.25. The van der Waals surface area contributed by atoms with Crippen molar-refractivity contribution in [2.75, 3.05) is 30.2 Å². The van der Waals surface area contributed by atoms with Crippen molar-refractivity contribution in [3.05, 3.63) is 71.8 Å². The van der Waals surface area contributed by atoms with Gasteiger partial charge in [-0.15, -0.1) is 11.6 Å². The fraction of sp³-hybridized carbons (Fsp3) is 0.174. The first-order valence-electron chi connectivity index (χ1n) is 9.13. The molecule has 142 valence electrons. The van der Waals surface area contributed by atoms with Crippen molar-refractivity contribution in [2.45, 2.75) is 5.92 Å². The molecule has 1 aliphatic heterocycles. The Kier molecular flexibility index (Phi) is 4.97. The van der Waals surface area contributed by atoms with Crippen molar-refractivity contribution < 1.29 is 9.53 Å². The van der Waals surface area contributed by atoms with Crippen LogP contribution in [0.4, 0.5) is 11.4 Å². The molecule has 4 rings (SSSR count). The van der Waals surface area contributed by atoms with Gasteiger partial charge < -0.3 is 15.4 Å². The van der Waals surface area contributed by atoms with Crippen LogP contribution in [0.25, 0.3) is 16.8 Å². The van der Waals surface area contributed by atoms with Crippen LogP contribution >= 0.6 is 11.6 Å². The second-order valence-electron chi connectivity index (χ2n) is 6.85. The van der Waals surface area contributed by atoms with Crippen molar-refractivity contribution in [3.63, 3.8) is 0 Å². The molecule has 1 heterocycles. The summed E-state index contributed by atoms with van der Waals surface area (Å²) in [4.78, 5) is 14.7. The second-order valence-corrected chi connectivity index (χ2v) is 7.16. The highest BCUT2D eigenvalue weighted by Crippen LogP contribution is 2.44. The Bertz CT molecular complexity index is 1060. The number of carbonyl (C=O) groups is 1. The first-order chi connectivity index (χ1) is 13.6. The molecule has 5 heteroatoms. The third-order valence-corrected chi connectivity index (χ3v) is 5.56. The number of fused-ring (bicyclic) bond motifs is 3. The number of nitrogens with two attached hydrogens (primary N) is 1. The zero-order valence-corrected chi connectivity index (χ0v) is 16.3. The number of benzene rings is 3. The van der Waals surface area contributed by atoms with Gasteiger partial charge in [-0.3, -0.25) is 4.79 Å². The van der Waals surface area contributed by atoms with Crippen LogP contribution in [0.2, 0.25) is 0 Å². The van der Waals surface area contributed by atoms with E-state index in [2.05, 4.69) is 0 Å². The summed E-state index contributed by atoms with van der Waals surface area (Å²) < 4.78 is 5.16. The summed E-state index contributed by atoms with van der Waals surface area (Å²) in [5.41, 5.74) is 9.82. The molecule has 0 aromatic heterocycles. The number of methoxy groups -OCH3 is 1. The van der Waals surface area contributed by atoms with Gasteiger partial charge in [-0.1, -0.05) is 36.4 Å². The van der Waals surface area contributed by atoms with Gasteiger partial charge in [0, 0.05) is 35.5 Å². The van der Waals surface area contributed by atoms with Crippen molar-refractivity contribution in [3.8, 4) is 5.75 Å². The number of ether oxygens (including phenoxy) is 1. The van der Waals surface area contributed by atoms with Crippen LogP contribution in [0.3, 0.4) is 0 Å². The van der Waals surface area contributed by atoms with Crippen LogP contribution in [0, 0.1) is 0 Å². The molecule has 1 unspecified atom stereocenters. The van der Waals surface area contributed by atoms with Crippen LogP contribution in [-0.2, 0) is 4.79 Å². The van der Waals surface area contributed by atoms with Gasteiger partial charge in [-0.25, -0.2) is 0 Å². The molecule has 0 aliphatic carbocycles. The summed E-state index contributed by atoms with van der Waals surface area (Å²) in [6.07, 6.45) is 3.40. The average molecular weight is 393 g/mol. The fourth-order valence-electron chi connectivity index (χ4n) is 3.78. The Morgan fingerprint density at radius 3 is 2.61 bits per heavy atom. The normalized spacial score (nSPS) is 15.9. The smallest absolute Gasteiger partial charge is 0.251 e. The van der Waals surface area contributed by atoms with Gasteiger partial charge >= 0.3 is 0 Å². The standard InChI is InChI=1S/C23H21ClN2O2/c1-28-17-9-6-15(7-10-17)8-11-22(27)26-14-16(13-24)23-19-5-3-2-4-18(19)20(25)12-21(23)26/h2-12,16H,13-14,25H2,1H3/b11-8+. The van der Waals surface area contributed by atoms with Crippen molar-refractivity contribution in [1.82, 2.24) is 0 Å².